The van der Waals surface area contributed by atoms with Crippen LogP contribution in [-0.2, 0) is 0 Å². The minimum Gasteiger partial charge on any atom is -0.495 e. The van der Waals surface area contributed by atoms with Crippen LogP contribution in [-0.4, -0.2) is 28.7 Å². The molecule has 3 aromatic carbocycles. The summed E-state index contributed by atoms with van der Waals surface area (Å²) in [5.74, 6) is -0.183. The van der Waals surface area contributed by atoms with Gasteiger partial charge >= 0.3 is 0 Å². The molecule has 0 unspecified atom stereocenters. The van der Waals surface area contributed by atoms with E-state index >= 15 is 0 Å². The van der Waals surface area contributed by atoms with Crippen LogP contribution in [0, 0.1) is 0 Å². The van der Waals surface area contributed by atoms with E-state index in [4.69, 9.17) is 16.3 Å². The number of benzene rings is 3. The third-order valence-electron chi connectivity index (χ3n) is 4.72. The molecule has 2 N–H and O–H groups in total. The standard InChI is InChI=1S/C24H19ClN4O3/c1-32-21-14-8-7-13-20(21)27-24(31)18-15-26-29(16-9-3-2-4-10-16)22(18)28-23(30)17-11-5-6-12-19(17)25/h2-15H,1H3,(H,27,31)(H,28,30). The van der Waals surface area contributed by atoms with E-state index in [-0.39, 0.29) is 16.9 Å². The quantitative estimate of drug-likeness (QED) is 0.434. The van der Waals surface area contributed by atoms with Gasteiger partial charge in [0.25, 0.3) is 11.8 Å². The monoisotopic (exact) mass is 446 g/mol. The molecule has 0 aliphatic carbocycles. The van der Waals surface area contributed by atoms with Crippen LogP contribution in [0.3, 0.4) is 0 Å². The maximum atomic E-state index is 13.1. The number of nitrogens with zero attached hydrogens (tertiary/aromatic N) is 2. The summed E-state index contributed by atoms with van der Waals surface area (Å²) in [5, 5.41) is 10.2. The van der Waals surface area contributed by atoms with Crippen LogP contribution < -0.4 is 15.4 Å². The van der Waals surface area contributed by atoms with E-state index in [0.717, 1.165) is 0 Å². The van der Waals surface area contributed by atoms with Crippen molar-refractivity contribution >= 4 is 34.9 Å². The van der Waals surface area contributed by atoms with E-state index in [1.807, 2.05) is 30.3 Å². The normalized spacial score (nSPS) is 10.4. The molecule has 7 nitrogen and oxygen atoms in total. The molecule has 1 aromatic heterocycles. The molecular weight excluding hydrogens is 428 g/mol. The van der Waals surface area contributed by atoms with Crippen LogP contribution in [0.2, 0.25) is 5.02 Å². The fourth-order valence-electron chi connectivity index (χ4n) is 3.16. The van der Waals surface area contributed by atoms with Crippen molar-refractivity contribution in [2.24, 2.45) is 0 Å². The Morgan fingerprint density at radius 3 is 2.25 bits per heavy atom. The topological polar surface area (TPSA) is 85.2 Å². The number of methoxy groups -OCH3 is 1. The Bertz CT molecular complexity index is 1270. The lowest BCUT2D eigenvalue weighted by Crippen LogP contribution is -2.20. The molecule has 0 fully saturated rings. The van der Waals surface area contributed by atoms with Crippen molar-refractivity contribution in [3.8, 4) is 11.4 Å². The predicted octanol–water partition coefficient (Wildman–Crippen LogP) is 5.04. The lowest BCUT2D eigenvalue weighted by Gasteiger charge is -2.13. The molecular formula is C24H19ClN4O3. The van der Waals surface area contributed by atoms with Crippen molar-refractivity contribution in [3.05, 3.63) is 101 Å². The van der Waals surface area contributed by atoms with Crippen LogP contribution in [0.5, 0.6) is 5.75 Å². The number of carbonyl (C=O) groups is 2. The summed E-state index contributed by atoms with van der Waals surface area (Å²) >= 11 is 6.18. The minimum absolute atomic E-state index is 0.181. The molecule has 0 saturated carbocycles. The summed E-state index contributed by atoms with van der Waals surface area (Å²) in [6, 6.07) is 22.9. The molecule has 2 amide bonds. The average Bonchev–Trinajstić information content (AvgIpc) is 3.23. The lowest BCUT2D eigenvalue weighted by atomic mass is 10.2. The van der Waals surface area contributed by atoms with Crippen molar-refractivity contribution < 1.29 is 14.3 Å². The number of anilines is 2. The minimum atomic E-state index is -0.459. The molecule has 0 saturated heterocycles. The zero-order valence-corrected chi connectivity index (χ0v) is 17.8. The van der Waals surface area contributed by atoms with Gasteiger partial charge in [0.2, 0.25) is 0 Å². The van der Waals surface area contributed by atoms with Crippen LogP contribution in [0.15, 0.2) is 85.1 Å². The first-order valence-electron chi connectivity index (χ1n) is 9.72. The summed E-state index contributed by atoms with van der Waals surface area (Å²) in [4.78, 5) is 26.1. The van der Waals surface area contributed by atoms with Crippen LogP contribution in [0.4, 0.5) is 11.5 Å². The van der Waals surface area contributed by atoms with Gasteiger partial charge in [0.1, 0.15) is 17.1 Å². The van der Waals surface area contributed by atoms with E-state index in [2.05, 4.69) is 15.7 Å². The van der Waals surface area contributed by atoms with E-state index in [0.29, 0.717) is 22.1 Å². The van der Waals surface area contributed by atoms with Gasteiger partial charge in [0.15, 0.2) is 0 Å². The first kappa shape index (κ1) is 21.1. The molecule has 0 atom stereocenters. The Balaban J connectivity index is 1.73. The van der Waals surface area contributed by atoms with Crippen molar-refractivity contribution in [1.82, 2.24) is 9.78 Å². The first-order valence-corrected chi connectivity index (χ1v) is 10.1. The highest BCUT2D eigenvalue weighted by molar-refractivity contribution is 6.34. The van der Waals surface area contributed by atoms with Crippen LogP contribution in [0.25, 0.3) is 5.69 Å². The van der Waals surface area contributed by atoms with Crippen molar-refractivity contribution in [2.45, 2.75) is 0 Å². The number of amides is 2. The number of aromatic nitrogens is 2. The predicted molar refractivity (Wildman–Crippen MR) is 124 cm³/mol. The second kappa shape index (κ2) is 9.36. The zero-order chi connectivity index (χ0) is 22.5. The molecule has 0 aliphatic heterocycles. The third kappa shape index (κ3) is 4.33. The summed E-state index contributed by atoms with van der Waals surface area (Å²) in [7, 11) is 1.52. The lowest BCUT2D eigenvalue weighted by molar-refractivity contribution is 0.102. The maximum absolute atomic E-state index is 13.1. The van der Waals surface area contributed by atoms with Gasteiger partial charge in [0.05, 0.1) is 35.3 Å². The summed E-state index contributed by atoms with van der Waals surface area (Å²) in [5.41, 5.74) is 1.64. The highest BCUT2D eigenvalue weighted by atomic mass is 35.5. The van der Waals surface area contributed by atoms with E-state index in [1.165, 1.54) is 18.0 Å². The fourth-order valence-corrected chi connectivity index (χ4v) is 3.38. The Labute approximate surface area is 189 Å². The van der Waals surface area contributed by atoms with Gasteiger partial charge in [-0.1, -0.05) is 54.1 Å². The SMILES string of the molecule is COc1ccccc1NC(=O)c1cnn(-c2ccccc2)c1NC(=O)c1ccccc1Cl. The molecule has 0 spiro atoms. The Morgan fingerprint density at radius 1 is 0.844 bits per heavy atom. The van der Waals surface area contributed by atoms with E-state index in [1.54, 1.807) is 48.5 Å². The molecule has 0 bridgehead atoms. The van der Waals surface area contributed by atoms with Crippen LogP contribution >= 0.6 is 11.6 Å². The summed E-state index contributed by atoms with van der Waals surface area (Å²) in [6.45, 7) is 0. The third-order valence-corrected chi connectivity index (χ3v) is 5.05. The number of rotatable bonds is 6. The highest BCUT2D eigenvalue weighted by Crippen LogP contribution is 2.27. The second-order valence-electron chi connectivity index (χ2n) is 6.74. The van der Waals surface area contributed by atoms with Gasteiger partial charge in [-0.15, -0.1) is 0 Å². The number of carbonyl (C=O) groups excluding carboxylic acids is 2. The number of para-hydroxylation sites is 3. The van der Waals surface area contributed by atoms with E-state index in [9.17, 15) is 9.59 Å². The molecule has 4 aromatic rings. The maximum Gasteiger partial charge on any atom is 0.261 e. The molecule has 32 heavy (non-hydrogen) atoms. The smallest absolute Gasteiger partial charge is 0.261 e. The Kier molecular flexibility index (Phi) is 6.19. The highest BCUT2D eigenvalue weighted by Gasteiger charge is 2.22. The largest absolute Gasteiger partial charge is 0.495 e. The summed E-state index contributed by atoms with van der Waals surface area (Å²) < 4.78 is 6.79. The Hall–Kier alpha value is -4.10. The molecule has 0 radical (unpaired) electrons. The number of nitrogens with one attached hydrogen (secondary N) is 2. The zero-order valence-electron chi connectivity index (χ0n) is 17.1. The van der Waals surface area contributed by atoms with Crippen molar-refractivity contribution in [3.63, 3.8) is 0 Å². The molecule has 1 heterocycles. The number of halogens is 1. The van der Waals surface area contributed by atoms with E-state index < -0.39 is 11.8 Å². The molecule has 160 valence electrons. The molecule has 0 aliphatic rings. The number of ether oxygens (including phenoxy) is 1. The van der Waals surface area contributed by atoms with Gasteiger partial charge in [-0.25, -0.2) is 4.68 Å². The summed E-state index contributed by atoms with van der Waals surface area (Å²) in [6.07, 6.45) is 1.40. The van der Waals surface area contributed by atoms with Gasteiger partial charge in [-0.05, 0) is 36.4 Å². The Morgan fingerprint density at radius 2 is 1.50 bits per heavy atom. The van der Waals surface area contributed by atoms with Crippen molar-refractivity contribution in [1.29, 1.82) is 0 Å². The number of hydrogen-bond donors (Lipinski definition) is 2. The van der Waals surface area contributed by atoms with Gasteiger partial charge in [-0.3, -0.25) is 9.59 Å². The van der Waals surface area contributed by atoms with Gasteiger partial charge in [-0.2, -0.15) is 5.10 Å². The van der Waals surface area contributed by atoms with Gasteiger partial charge in [0, 0.05) is 0 Å². The van der Waals surface area contributed by atoms with Crippen molar-refractivity contribution in [2.75, 3.05) is 17.7 Å². The fraction of sp³-hybridized carbons (Fsp3) is 0.0417. The average molecular weight is 447 g/mol. The number of hydrogen-bond acceptors (Lipinski definition) is 4. The van der Waals surface area contributed by atoms with Crippen LogP contribution in [0.1, 0.15) is 20.7 Å². The first-order chi connectivity index (χ1) is 15.6. The second-order valence-corrected chi connectivity index (χ2v) is 7.15. The van der Waals surface area contributed by atoms with Gasteiger partial charge < -0.3 is 15.4 Å². The molecule has 8 heteroatoms. The molecule has 4 rings (SSSR count).